The first-order valence-electron chi connectivity index (χ1n) is 8.37. The molecule has 2 fully saturated rings. The molecule has 0 amide bonds. The van der Waals surface area contributed by atoms with Gasteiger partial charge in [0.1, 0.15) is 0 Å². The Bertz CT molecular complexity index is 742. The SMILES string of the molecule is CC(C)(C)N1CC2CCC(C1)N2S(=O)(=O)c1ccccc1C(F)(F)F. The first-order valence-corrected chi connectivity index (χ1v) is 9.81. The van der Waals surface area contributed by atoms with Crippen molar-refractivity contribution in [2.45, 2.75) is 62.3 Å². The van der Waals surface area contributed by atoms with Crippen LogP contribution >= 0.6 is 0 Å². The Balaban J connectivity index is 1.99. The van der Waals surface area contributed by atoms with Gasteiger partial charge in [-0.1, -0.05) is 12.1 Å². The summed E-state index contributed by atoms with van der Waals surface area (Å²) in [5.74, 6) is 0. The molecule has 1 aromatic rings. The number of alkyl halides is 3. The van der Waals surface area contributed by atoms with Gasteiger partial charge in [0.2, 0.25) is 10.0 Å². The van der Waals surface area contributed by atoms with Crippen molar-refractivity contribution in [3.8, 4) is 0 Å². The molecule has 2 unspecified atom stereocenters. The molecular weight excluding hydrogens is 353 g/mol. The lowest BCUT2D eigenvalue weighted by atomic mass is 10.0. The first kappa shape index (κ1) is 18.7. The number of hydrogen-bond acceptors (Lipinski definition) is 3. The van der Waals surface area contributed by atoms with Gasteiger partial charge < -0.3 is 0 Å². The van der Waals surface area contributed by atoms with Gasteiger partial charge in [0, 0.05) is 30.7 Å². The quantitative estimate of drug-likeness (QED) is 0.795. The van der Waals surface area contributed by atoms with Crippen molar-refractivity contribution in [3.05, 3.63) is 29.8 Å². The Hall–Kier alpha value is -1.12. The van der Waals surface area contributed by atoms with Crippen LogP contribution in [0, 0.1) is 0 Å². The number of rotatable bonds is 2. The Kier molecular flexibility index (Phi) is 4.45. The van der Waals surface area contributed by atoms with E-state index in [4.69, 9.17) is 0 Å². The van der Waals surface area contributed by atoms with E-state index >= 15 is 0 Å². The molecule has 0 N–H and O–H groups in total. The lowest BCUT2D eigenvalue weighted by molar-refractivity contribution is -0.140. The third kappa shape index (κ3) is 3.31. The number of nitrogens with zero attached hydrogens (tertiary/aromatic N) is 2. The Morgan fingerprint density at radius 2 is 1.52 bits per heavy atom. The van der Waals surface area contributed by atoms with Crippen LogP contribution in [0.3, 0.4) is 0 Å². The minimum atomic E-state index is -4.70. The fourth-order valence-electron chi connectivity index (χ4n) is 3.84. The number of sulfonamides is 1. The first-order chi connectivity index (χ1) is 11.4. The number of hydrogen-bond donors (Lipinski definition) is 0. The second-order valence-electron chi connectivity index (χ2n) is 7.79. The van der Waals surface area contributed by atoms with E-state index in [1.807, 2.05) is 0 Å². The van der Waals surface area contributed by atoms with Crippen LogP contribution in [0.25, 0.3) is 0 Å². The average Bonchev–Trinajstić information content (AvgIpc) is 2.77. The average molecular weight is 376 g/mol. The van der Waals surface area contributed by atoms with E-state index < -0.39 is 26.7 Å². The number of piperazine rings is 1. The molecule has 1 aromatic carbocycles. The van der Waals surface area contributed by atoms with Gasteiger partial charge in [-0.15, -0.1) is 0 Å². The predicted octanol–water partition coefficient (Wildman–Crippen LogP) is 3.34. The van der Waals surface area contributed by atoms with E-state index in [9.17, 15) is 21.6 Å². The molecule has 2 heterocycles. The molecule has 0 aromatic heterocycles. The molecule has 0 radical (unpaired) electrons. The maximum Gasteiger partial charge on any atom is 0.417 e. The van der Waals surface area contributed by atoms with E-state index in [1.54, 1.807) is 0 Å². The highest BCUT2D eigenvalue weighted by Gasteiger charge is 2.50. The molecule has 2 atom stereocenters. The molecule has 4 nitrogen and oxygen atoms in total. The van der Waals surface area contributed by atoms with Gasteiger partial charge in [0.25, 0.3) is 0 Å². The summed E-state index contributed by atoms with van der Waals surface area (Å²) in [5.41, 5.74) is -1.19. The fourth-order valence-corrected chi connectivity index (χ4v) is 5.91. The van der Waals surface area contributed by atoms with E-state index in [0.29, 0.717) is 25.9 Å². The van der Waals surface area contributed by atoms with Crippen molar-refractivity contribution in [2.75, 3.05) is 13.1 Å². The summed E-state index contributed by atoms with van der Waals surface area (Å²) < 4.78 is 67.3. The monoisotopic (exact) mass is 376 g/mol. The summed E-state index contributed by atoms with van der Waals surface area (Å²) in [7, 11) is -4.19. The number of benzene rings is 1. The molecule has 2 aliphatic rings. The van der Waals surface area contributed by atoms with Crippen molar-refractivity contribution in [2.24, 2.45) is 0 Å². The van der Waals surface area contributed by atoms with Gasteiger partial charge in [0.15, 0.2) is 0 Å². The van der Waals surface area contributed by atoms with E-state index in [1.165, 1.54) is 16.4 Å². The Morgan fingerprint density at radius 1 is 1.00 bits per heavy atom. The number of likely N-dealkylation sites (tertiary alicyclic amines) is 1. The van der Waals surface area contributed by atoms with Crippen LogP contribution in [0.15, 0.2) is 29.2 Å². The lowest BCUT2D eigenvalue weighted by Crippen LogP contribution is -2.60. The maximum absolute atomic E-state index is 13.3. The van der Waals surface area contributed by atoms with Crippen molar-refractivity contribution < 1.29 is 21.6 Å². The highest BCUT2D eigenvalue weighted by atomic mass is 32.2. The lowest BCUT2D eigenvalue weighted by Gasteiger charge is -2.46. The fraction of sp³-hybridized carbons (Fsp3) is 0.647. The van der Waals surface area contributed by atoms with Crippen LogP contribution in [-0.2, 0) is 16.2 Å². The van der Waals surface area contributed by atoms with Crippen molar-refractivity contribution in [3.63, 3.8) is 0 Å². The highest BCUT2D eigenvalue weighted by Crippen LogP contribution is 2.41. The van der Waals surface area contributed by atoms with Crippen LogP contribution < -0.4 is 0 Å². The Labute approximate surface area is 146 Å². The van der Waals surface area contributed by atoms with Gasteiger partial charge in [-0.2, -0.15) is 17.5 Å². The van der Waals surface area contributed by atoms with Crippen molar-refractivity contribution in [1.82, 2.24) is 9.21 Å². The summed E-state index contributed by atoms with van der Waals surface area (Å²) in [6.45, 7) is 7.29. The number of fused-ring (bicyclic) bond motifs is 2. The predicted molar refractivity (Wildman–Crippen MR) is 88.6 cm³/mol. The zero-order valence-electron chi connectivity index (χ0n) is 14.5. The molecule has 2 saturated heterocycles. The van der Waals surface area contributed by atoms with Crippen LogP contribution in [0.2, 0.25) is 0 Å². The van der Waals surface area contributed by atoms with Crippen LogP contribution in [-0.4, -0.2) is 48.3 Å². The molecule has 8 heteroatoms. The summed E-state index contributed by atoms with van der Waals surface area (Å²) in [6.07, 6.45) is -3.33. The minimum absolute atomic E-state index is 0.0967. The standard InChI is InChI=1S/C17H23F3N2O2S/c1-16(2,3)21-10-12-8-9-13(11-21)22(12)25(23,24)15-7-5-4-6-14(15)17(18,19)20/h4-7,12-13H,8-11H2,1-3H3. The van der Waals surface area contributed by atoms with Gasteiger partial charge in [-0.3, -0.25) is 4.90 Å². The minimum Gasteiger partial charge on any atom is -0.295 e. The van der Waals surface area contributed by atoms with Crippen molar-refractivity contribution >= 4 is 10.0 Å². The molecule has 2 bridgehead atoms. The van der Waals surface area contributed by atoms with Gasteiger partial charge in [-0.05, 0) is 45.7 Å². The second-order valence-corrected chi connectivity index (χ2v) is 9.60. The molecule has 0 saturated carbocycles. The summed E-state index contributed by atoms with van der Waals surface area (Å²) in [4.78, 5) is 1.58. The molecular formula is C17H23F3N2O2S. The zero-order chi connectivity index (χ0) is 18.6. The van der Waals surface area contributed by atoms with Crippen LogP contribution in [0.5, 0.6) is 0 Å². The molecule has 25 heavy (non-hydrogen) atoms. The molecule has 0 spiro atoms. The van der Waals surface area contributed by atoms with E-state index in [-0.39, 0.29) is 17.6 Å². The third-order valence-electron chi connectivity index (χ3n) is 5.11. The van der Waals surface area contributed by atoms with Gasteiger partial charge in [-0.25, -0.2) is 8.42 Å². The van der Waals surface area contributed by atoms with Crippen LogP contribution in [0.4, 0.5) is 13.2 Å². The topological polar surface area (TPSA) is 40.6 Å². The smallest absolute Gasteiger partial charge is 0.295 e. The van der Waals surface area contributed by atoms with Gasteiger partial charge >= 0.3 is 6.18 Å². The second kappa shape index (κ2) is 5.96. The van der Waals surface area contributed by atoms with E-state index in [0.717, 1.165) is 12.1 Å². The van der Waals surface area contributed by atoms with Gasteiger partial charge in [0.05, 0.1) is 10.5 Å². The Morgan fingerprint density at radius 3 is 2.00 bits per heavy atom. The zero-order valence-corrected chi connectivity index (χ0v) is 15.4. The highest BCUT2D eigenvalue weighted by molar-refractivity contribution is 7.89. The molecule has 0 aliphatic carbocycles. The summed E-state index contributed by atoms with van der Waals surface area (Å²) in [5, 5.41) is 0. The molecule has 3 rings (SSSR count). The van der Waals surface area contributed by atoms with E-state index in [2.05, 4.69) is 25.7 Å². The summed E-state index contributed by atoms with van der Waals surface area (Å²) in [6, 6.07) is 3.91. The largest absolute Gasteiger partial charge is 0.417 e. The third-order valence-corrected chi connectivity index (χ3v) is 7.17. The summed E-state index contributed by atoms with van der Waals surface area (Å²) >= 11 is 0. The maximum atomic E-state index is 13.3. The van der Waals surface area contributed by atoms with Crippen molar-refractivity contribution in [1.29, 1.82) is 0 Å². The molecule has 2 aliphatic heterocycles. The molecule has 140 valence electrons. The number of halogens is 3. The van der Waals surface area contributed by atoms with Crippen LogP contribution in [0.1, 0.15) is 39.2 Å². The normalized spacial score (nSPS) is 26.2.